The number of aromatic amines is 1. The van der Waals surface area contributed by atoms with Gasteiger partial charge in [0.25, 0.3) is 0 Å². The summed E-state index contributed by atoms with van der Waals surface area (Å²) < 4.78 is 6.70. The fraction of sp³-hybridized carbons (Fsp3) is 0.375. The molecule has 0 bridgehead atoms. The molecule has 0 spiro atoms. The first-order valence-corrected chi connectivity index (χ1v) is 8.47. The molecule has 0 aromatic carbocycles. The number of nitrogens with one attached hydrogen (secondary N) is 1. The van der Waals surface area contributed by atoms with Crippen LogP contribution < -0.4 is 0 Å². The van der Waals surface area contributed by atoms with Crippen LogP contribution in [0.4, 0.5) is 0 Å². The van der Waals surface area contributed by atoms with Gasteiger partial charge >= 0.3 is 5.97 Å². The first-order valence-electron chi connectivity index (χ1n) is 8.09. The van der Waals surface area contributed by atoms with Gasteiger partial charge in [-0.1, -0.05) is 16.8 Å². The third kappa shape index (κ3) is 2.69. The van der Waals surface area contributed by atoms with Crippen molar-refractivity contribution in [2.75, 3.05) is 6.54 Å². The number of H-pyrrole nitrogens is 1. The SMILES string of the molecule is Cc1cc(-c2nn(C)c(Cl)c2CN2CCc3[nH]cnc3[C@H]2C(=O)O)no1. The highest BCUT2D eigenvalue weighted by atomic mass is 35.5. The maximum atomic E-state index is 11.9. The molecular weight excluding hydrogens is 360 g/mol. The summed E-state index contributed by atoms with van der Waals surface area (Å²) in [6, 6.07) is 0.937. The molecule has 3 aromatic rings. The number of fused-ring (bicyclic) bond motifs is 1. The van der Waals surface area contributed by atoms with E-state index in [4.69, 9.17) is 16.1 Å². The second-order valence-electron chi connectivity index (χ2n) is 6.29. The first kappa shape index (κ1) is 16.8. The zero-order valence-electron chi connectivity index (χ0n) is 14.2. The lowest BCUT2D eigenvalue weighted by Gasteiger charge is -2.32. The van der Waals surface area contributed by atoms with Crippen molar-refractivity contribution in [3.63, 3.8) is 0 Å². The molecular formula is C16H17ClN6O3. The number of aliphatic carboxylic acids is 1. The van der Waals surface area contributed by atoms with Crippen LogP contribution in [0.15, 0.2) is 16.9 Å². The van der Waals surface area contributed by atoms with E-state index < -0.39 is 12.0 Å². The number of nitrogens with zero attached hydrogens (tertiary/aromatic N) is 5. The molecule has 3 aromatic heterocycles. The van der Waals surface area contributed by atoms with Crippen LogP contribution >= 0.6 is 11.6 Å². The Bertz CT molecular complexity index is 975. The summed E-state index contributed by atoms with van der Waals surface area (Å²) in [4.78, 5) is 20.9. The Hall–Kier alpha value is -2.65. The van der Waals surface area contributed by atoms with E-state index in [9.17, 15) is 9.90 Å². The van der Waals surface area contributed by atoms with E-state index >= 15 is 0 Å². The van der Waals surface area contributed by atoms with E-state index in [0.29, 0.717) is 53.1 Å². The summed E-state index contributed by atoms with van der Waals surface area (Å²) in [6.07, 6.45) is 2.22. The fourth-order valence-corrected chi connectivity index (χ4v) is 3.53. The minimum Gasteiger partial charge on any atom is -0.480 e. The summed E-state index contributed by atoms with van der Waals surface area (Å²) >= 11 is 6.44. The van der Waals surface area contributed by atoms with Crippen LogP contribution in [0.1, 0.15) is 28.8 Å². The molecule has 0 unspecified atom stereocenters. The highest BCUT2D eigenvalue weighted by Crippen LogP contribution is 2.34. The summed E-state index contributed by atoms with van der Waals surface area (Å²) in [5, 5.41) is 18.6. The van der Waals surface area contributed by atoms with E-state index in [0.717, 1.165) is 5.69 Å². The van der Waals surface area contributed by atoms with Crippen LogP contribution in [0.25, 0.3) is 11.4 Å². The van der Waals surface area contributed by atoms with E-state index in [1.165, 1.54) is 6.33 Å². The van der Waals surface area contributed by atoms with Crippen LogP contribution in [0, 0.1) is 6.92 Å². The number of halogens is 1. The normalized spacial score (nSPS) is 17.4. The molecule has 2 N–H and O–H groups in total. The third-order valence-electron chi connectivity index (χ3n) is 4.56. The number of carboxylic acid groups (broad SMARTS) is 1. The third-order valence-corrected chi connectivity index (χ3v) is 5.03. The predicted molar refractivity (Wildman–Crippen MR) is 91.5 cm³/mol. The maximum absolute atomic E-state index is 11.9. The lowest BCUT2D eigenvalue weighted by Crippen LogP contribution is -2.39. The van der Waals surface area contributed by atoms with E-state index in [-0.39, 0.29) is 0 Å². The van der Waals surface area contributed by atoms with Crippen molar-refractivity contribution < 1.29 is 14.4 Å². The number of rotatable bonds is 4. The van der Waals surface area contributed by atoms with Gasteiger partial charge in [-0.2, -0.15) is 5.10 Å². The van der Waals surface area contributed by atoms with Gasteiger partial charge in [0, 0.05) is 43.9 Å². The molecule has 10 heteroatoms. The van der Waals surface area contributed by atoms with Crippen LogP contribution in [0.2, 0.25) is 5.15 Å². The van der Waals surface area contributed by atoms with Crippen molar-refractivity contribution in [2.45, 2.75) is 25.9 Å². The van der Waals surface area contributed by atoms with Gasteiger partial charge in [-0.3, -0.25) is 14.4 Å². The number of aryl methyl sites for hydroxylation is 2. The van der Waals surface area contributed by atoms with E-state index in [1.807, 2.05) is 4.90 Å². The standard InChI is InChI=1S/C16H17ClN6O3/c1-8-5-11(21-26-8)12-9(15(17)22(2)20-12)6-23-4-3-10-13(19-7-18-10)14(23)16(24)25/h5,7,14H,3-4,6H2,1-2H3,(H,18,19)(H,24,25)/t14-/m0/s1. The number of hydrogen-bond donors (Lipinski definition) is 2. The van der Waals surface area contributed by atoms with Gasteiger partial charge in [0.2, 0.25) is 0 Å². The van der Waals surface area contributed by atoms with Crippen LogP contribution in [0.3, 0.4) is 0 Å². The van der Waals surface area contributed by atoms with Gasteiger partial charge in [-0.05, 0) is 6.92 Å². The average molecular weight is 377 g/mol. The largest absolute Gasteiger partial charge is 0.480 e. The first-order chi connectivity index (χ1) is 12.5. The molecule has 4 rings (SSSR count). The van der Waals surface area contributed by atoms with E-state index in [1.54, 1.807) is 24.7 Å². The van der Waals surface area contributed by atoms with Gasteiger partial charge in [-0.15, -0.1) is 0 Å². The molecule has 0 saturated heterocycles. The predicted octanol–water partition coefficient (Wildman–Crippen LogP) is 1.94. The Balaban J connectivity index is 1.72. The molecule has 136 valence electrons. The Morgan fingerprint density at radius 3 is 3.04 bits per heavy atom. The molecule has 1 aliphatic rings. The zero-order valence-corrected chi connectivity index (χ0v) is 15.0. The summed E-state index contributed by atoms with van der Waals surface area (Å²) in [5.74, 6) is -0.285. The van der Waals surface area contributed by atoms with Gasteiger partial charge < -0.3 is 14.6 Å². The molecule has 0 saturated carbocycles. The van der Waals surface area contributed by atoms with Crippen molar-refractivity contribution in [3.05, 3.63) is 40.3 Å². The molecule has 0 amide bonds. The van der Waals surface area contributed by atoms with Crippen LogP contribution in [0.5, 0.6) is 0 Å². The Morgan fingerprint density at radius 1 is 1.54 bits per heavy atom. The number of hydrogen-bond acceptors (Lipinski definition) is 6. The lowest BCUT2D eigenvalue weighted by atomic mass is 10.0. The average Bonchev–Trinajstić information content (AvgIpc) is 3.30. The second-order valence-corrected chi connectivity index (χ2v) is 6.65. The molecule has 0 radical (unpaired) electrons. The number of carbonyl (C=O) groups is 1. The van der Waals surface area contributed by atoms with Gasteiger partial charge in [0.15, 0.2) is 6.04 Å². The zero-order chi connectivity index (χ0) is 18.4. The Labute approximate surface area is 153 Å². The van der Waals surface area contributed by atoms with Crippen molar-refractivity contribution in [2.24, 2.45) is 7.05 Å². The topological polar surface area (TPSA) is 113 Å². The highest BCUT2D eigenvalue weighted by Gasteiger charge is 2.36. The van der Waals surface area contributed by atoms with Gasteiger partial charge in [0.1, 0.15) is 22.3 Å². The van der Waals surface area contributed by atoms with Gasteiger partial charge in [0.05, 0.1) is 12.0 Å². The number of carboxylic acids is 1. The Kier molecular flexibility index (Phi) is 4.04. The molecule has 0 fully saturated rings. The Morgan fingerprint density at radius 2 is 2.35 bits per heavy atom. The minimum absolute atomic E-state index is 0.317. The molecule has 1 atom stereocenters. The number of aromatic nitrogens is 5. The summed E-state index contributed by atoms with van der Waals surface area (Å²) in [7, 11) is 1.74. The van der Waals surface area contributed by atoms with Crippen molar-refractivity contribution >= 4 is 17.6 Å². The molecule has 0 aliphatic carbocycles. The van der Waals surface area contributed by atoms with Crippen LogP contribution in [-0.2, 0) is 24.8 Å². The van der Waals surface area contributed by atoms with Crippen LogP contribution in [-0.4, -0.2) is 47.4 Å². The van der Waals surface area contributed by atoms with Crippen molar-refractivity contribution in [1.29, 1.82) is 0 Å². The molecule has 9 nitrogen and oxygen atoms in total. The monoisotopic (exact) mass is 376 g/mol. The highest BCUT2D eigenvalue weighted by molar-refractivity contribution is 6.30. The second kappa shape index (κ2) is 6.26. The molecule has 26 heavy (non-hydrogen) atoms. The number of imidazole rings is 1. The van der Waals surface area contributed by atoms with Crippen molar-refractivity contribution in [1.82, 2.24) is 29.8 Å². The van der Waals surface area contributed by atoms with Gasteiger partial charge in [-0.25, -0.2) is 4.98 Å². The quantitative estimate of drug-likeness (QED) is 0.715. The molecule has 4 heterocycles. The summed E-state index contributed by atoms with van der Waals surface area (Å²) in [5.41, 5.74) is 3.28. The van der Waals surface area contributed by atoms with E-state index in [2.05, 4.69) is 20.2 Å². The minimum atomic E-state index is -0.947. The lowest BCUT2D eigenvalue weighted by molar-refractivity contribution is -0.144. The summed E-state index contributed by atoms with van der Waals surface area (Å²) in [6.45, 7) is 2.68. The fourth-order valence-electron chi connectivity index (χ4n) is 3.34. The molecule has 1 aliphatic heterocycles. The smallest absolute Gasteiger partial charge is 0.327 e. The maximum Gasteiger partial charge on any atom is 0.327 e. The van der Waals surface area contributed by atoms with Crippen molar-refractivity contribution in [3.8, 4) is 11.4 Å².